The van der Waals surface area contributed by atoms with E-state index in [2.05, 4.69) is 66.5 Å². The molecule has 386 valence electrons. The molecule has 0 aliphatic carbocycles. The first-order chi connectivity index (χ1) is 37.0. The van der Waals surface area contributed by atoms with Crippen molar-refractivity contribution in [3.63, 3.8) is 0 Å². The van der Waals surface area contributed by atoms with Crippen LogP contribution in [0.25, 0.3) is 33.8 Å². The van der Waals surface area contributed by atoms with Crippen LogP contribution in [-0.4, -0.2) is 104 Å². The topological polar surface area (TPSA) is 319 Å². The summed E-state index contributed by atoms with van der Waals surface area (Å²) in [4.78, 5) is 54.0. The van der Waals surface area contributed by atoms with Gasteiger partial charge in [-0.25, -0.2) is 39.9 Å². The van der Waals surface area contributed by atoms with Crippen molar-refractivity contribution in [2.75, 3.05) is 65.9 Å². The predicted molar refractivity (Wildman–Crippen MR) is 288 cm³/mol. The monoisotopic (exact) mass is 1030 g/mol. The van der Waals surface area contributed by atoms with Gasteiger partial charge in [-0.05, 0) is 110 Å². The number of pyridine rings is 2. The molecule has 0 unspecified atom stereocenters. The number of aromatic nitrogens is 8. The van der Waals surface area contributed by atoms with Crippen LogP contribution >= 0.6 is 0 Å². The summed E-state index contributed by atoms with van der Waals surface area (Å²) < 4.78 is 5.64. The van der Waals surface area contributed by atoms with Crippen molar-refractivity contribution in [3.05, 3.63) is 197 Å². The zero-order valence-electron chi connectivity index (χ0n) is 40.5. The predicted octanol–water partition coefficient (Wildman–Crippen LogP) is 9.08. The number of benzene rings is 4. The summed E-state index contributed by atoms with van der Waals surface area (Å²) in [5.74, 6) is 4.12. The molecule has 0 saturated carbocycles. The summed E-state index contributed by atoms with van der Waals surface area (Å²) in [6.45, 7) is 3.50. The minimum atomic E-state index is -0.491. The van der Waals surface area contributed by atoms with Gasteiger partial charge < -0.3 is 46.6 Å². The SMILES string of the molecule is O=[N+]([O-])c1ccc(NCCNc2nccc(-c3ccc(O)cc3)n2)nc1.O=[N+]([O-])c1ccc(NCCNc2nccc(-c3cccc(O)c3)n2)nc1.Oc1ccc(-c2ccnc(NCCCOc3ccccc3)n2)cc1. The van der Waals surface area contributed by atoms with Gasteiger partial charge in [0.2, 0.25) is 17.8 Å². The Labute approximate surface area is 435 Å². The molecule has 0 fully saturated rings. The Morgan fingerprint density at radius 1 is 0.434 bits per heavy atom. The number of aromatic hydroxyl groups is 3. The van der Waals surface area contributed by atoms with Gasteiger partial charge in [0.25, 0.3) is 11.4 Å². The highest BCUT2D eigenvalue weighted by molar-refractivity contribution is 5.63. The van der Waals surface area contributed by atoms with Crippen LogP contribution in [0.15, 0.2) is 177 Å². The molecule has 0 bridgehead atoms. The van der Waals surface area contributed by atoms with Crippen LogP contribution in [0.2, 0.25) is 0 Å². The largest absolute Gasteiger partial charge is 0.508 e. The average molecular weight is 1030 g/mol. The van der Waals surface area contributed by atoms with Gasteiger partial charge in [0.1, 0.15) is 47.0 Å². The smallest absolute Gasteiger partial charge is 0.287 e. The highest BCUT2D eigenvalue weighted by atomic mass is 16.6. The lowest BCUT2D eigenvalue weighted by molar-refractivity contribution is -0.385. The van der Waals surface area contributed by atoms with Crippen LogP contribution in [0.1, 0.15) is 6.42 Å². The van der Waals surface area contributed by atoms with E-state index in [1.165, 1.54) is 24.5 Å². The number of nitrogens with zero attached hydrogens (tertiary/aromatic N) is 10. The molecule has 23 nitrogen and oxygen atoms in total. The molecule has 76 heavy (non-hydrogen) atoms. The fourth-order valence-electron chi connectivity index (χ4n) is 6.65. The van der Waals surface area contributed by atoms with Gasteiger partial charge >= 0.3 is 0 Å². The average Bonchev–Trinajstić information content (AvgIpc) is 3.45. The van der Waals surface area contributed by atoms with Crippen molar-refractivity contribution >= 4 is 40.9 Å². The van der Waals surface area contributed by atoms with Crippen molar-refractivity contribution in [2.45, 2.75) is 6.42 Å². The Hall–Kier alpha value is -10.6. The molecule has 5 heterocycles. The third-order valence-corrected chi connectivity index (χ3v) is 10.4. The first kappa shape index (κ1) is 53.2. The maximum atomic E-state index is 10.6. The summed E-state index contributed by atoms with van der Waals surface area (Å²) in [5, 5.41) is 64.9. The normalized spacial score (nSPS) is 10.3. The van der Waals surface area contributed by atoms with Crippen LogP contribution in [-0.2, 0) is 0 Å². The Bertz CT molecular complexity index is 3240. The third-order valence-electron chi connectivity index (χ3n) is 10.4. The van der Waals surface area contributed by atoms with Gasteiger partial charge in [-0.2, -0.15) is 0 Å². The summed E-state index contributed by atoms with van der Waals surface area (Å²) in [6.07, 6.45) is 8.28. The molecular formula is C53H51N15O8. The van der Waals surface area contributed by atoms with Gasteiger partial charge in [0, 0.05) is 80.1 Å². The lowest BCUT2D eigenvalue weighted by atomic mass is 10.1. The van der Waals surface area contributed by atoms with E-state index in [0.717, 1.165) is 46.8 Å². The van der Waals surface area contributed by atoms with Gasteiger partial charge in [-0.3, -0.25) is 20.2 Å². The fraction of sp³-hybridized carbons (Fsp3) is 0.132. The van der Waals surface area contributed by atoms with Crippen LogP contribution in [0.3, 0.4) is 0 Å². The quantitative estimate of drug-likeness (QED) is 0.0189. The van der Waals surface area contributed by atoms with Crippen molar-refractivity contribution in [3.8, 4) is 56.8 Å². The number of nitro groups is 2. The van der Waals surface area contributed by atoms with E-state index in [4.69, 9.17) is 4.74 Å². The van der Waals surface area contributed by atoms with Gasteiger partial charge in [0.15, 0.2) is 0 Å². The molecule has 0 radical (unpaired) electrons. The minimum absolute atomic E-state index is 0.0480. The highest BCUT2D eigenvalue weighted by Gasteiger charge is 2.09. The second kappa shape index (κ2) is 27.9. The first-order valence-corrected chi connectivity index (χ1v) is 23.5. The maximum Gasteiger partial charge on any atom is 0.287 e. The Morgan fingerprint density at radius 2 is 0.882 bits per heavy atom. The molecule has 0 amide bonds. The number of hydrogen-bond acceptors (Lipinski definition) is 21. The number of hydrogen-bond donors (Lipinski definition) is 8. The number of anilines is 5. The zero-order chi connectivity index (χ0) is 53.3. The van der Waals surface area contributed by atoms with Gasteiger partial charge in [0.05, 0.1) is 33.5 Å². The minimum Gasteiger partial charge on any atom is -0.508 e. The van der Waals surface area contributed by atoms with E-state index in [1.807, 2.05) is 54.6 Å². The number of nitrogens with one attached hydrogen (secondary N) is 5. The molecule has 0 saturated heterocycles. The molecule has 0 aliphatic rings. The lowest BCUT2D eigenvalue weighted by Gasteiger charge is -2.08. The number of ether oxygens (including phenoxy) is 1. The molecule has 9 aromatic rings. The van der Waals surface area contributed by atoms with Crippen molar-refractivity contribution < 1.29 is 29.9 Å². The number of phenolic OH excluding ortho intramolecular Hbond substituents is 3. The van der Waals surface area contributed by atoms with E-state index in [-0.39, 0.29) is 28.6 Å². The van der Waals surface area contributed by atoms with Crippen LogP contribution in [0.5, 0.6) is 23.0 Å². The highest BCUT2D eigenvalue weighted by Crippen LogP contribution is 2.24. The standard InChI is InChI=1S/C19H19N3O2.2C17H16N6O3/c23-16-9-7-15(8-10-16)18-11-13-21-19(22-18)20-12-4-14-24-17-5-2-1-3-6-17;24-14-4-1-12(2-5-14)15-7-8-19-17(22-15)20-10-9-18-16-6-3-13(11-21-16)23(25)26;24-14-3-1-2-12(10-14)15-6-7-19-17(22-15)20-9-8-18-16-5-4-13(11-21-16)23(25)26/h1-3,5-11,13,23H,4,12,14H2,(H,20,21,22);1-8,11,24H,9-10H2,(H,18,21)(H,19,20,22);1-7,10-11,24H,8-9H2,(H,18,21)(H,19,20,22). The molecular weight excluding hydrogens is 975 g/mol. The van der Waals surface area contributed by atoms with E-state index >= 15 is 0 Å². The summed E-state index contributed by atoms with van der Waals surface area (Å²) in [7, 11) is 0. The van der Waals surface area contributed by atoms with E-state index in [9.17, 15) is 35.5 Å². The molecule has 0 atom stereocenters. The van der Waals surface area contributed by atoms with Crippen LogP contribution in [0.4, 0.5) is 40.9 Å². The zero-order valence-corrected chi connectivity index (χ0v) is 40.5. The van der Waals surface area contributed by atoms with Gasteiger partial charge in [-0.1, -0.05) is 30.3 Å². The fourth-order valence-corrected chi connectivity index (χ4v) is 6.65. The molecule has 0 aliphatic heterocycles. The molecule has 5 aromatic heterocycles. The molecule has 0 spiro atoms. The van der Waals surface area contributed by atoms with Crippen LogP contribution in [0, 0.1) is 20.2 Å². The maximum absolute atomic E-state index is 10.6. The Morgan fingerprint density at radius 3 is 1.32 bits per heavy atom. The number of rotatable bonds is 21. The Balaban J connectivity index is 0.000000166. The first-order valence-electron chi connectivity index (χ1n) is 23.5. The lowest BCUT2D eigenvalue weighted by Crippen LogP contribution is -2.15. The molecule has 4 aromatic carbocycles. The summed E-state index contributed by atoms with van der Waals surface area (Å²) >= 11 is 0. The van der Waals surface area contributed by atoms with Crippen molar-refractivity contribution in [1.29, 1.82) is 0 Å². The van der Waals surface area contributed by atoms with Gasteiger partial charge in [-0.15, -0.1) is 0 Å². The second-order valence-electron chi connectivity index (χ2n) is 15.9. The number of phenols is 3. The van der Waals surface area contributed by atoms with E-state index in [0.29, 0.717) is 68.0 Å². The molecule has 8 N–H and O–H groups in total. The van der Waals surface area contributed by atoms with Crippen LogP contribution < -0.4 is 31.3 Å². The van der Waals surface area contributed by atoms with Crippen molar-refractivity contribution in [1.82, 2.24) is 39.9 Å². The molecule has 9 rings (SSSR count). The van der Waals surface area contributed by atoms with Crippen molar-refractivity contribution in [2.24, 2.45) is 0 Å². The third kappa shape index (κ3) is 17.3. The van der Waals surface area contributed by atoms with E-state index < -0.39 is 9.85 Å². The number of para-hydroxylation sites is 1. The Kier molecular flexibility index (Phi) is 19.5. The van der Waals surface area contributed by atoms with E-state index in [1.54, 1.807) is 97.5 Å². The summed E-state index contributed by atoms with van der Waals surface area (Å²) in [6, 6.07) is 41.6. The molecule has 23 heteroatoms. The second-order valence-corrected chi connectivity index (χ2v) is 15.9. The summed E-state index contributed by atoms with van der Waals surface area (Å²) in [5.41, 5.74) is 4.76.